The third kappa shape index (κ3) is 4.20. The van der Waals surface area contributed by atoms with Crippen LogP contribution in [0.3, 0.4) is 0 Å². The van der Waals surface area contributed by atoms with Gasteiger partial charge in [-0.25, -0.2) is 0 Å². The summed E-state index contributed by atoms with van der Waals surface area (Å²) in [6, 6.07) is 15.3. The molecule has 0 bridgehead atoms. The summed E-state index contributed by atoms with van der Waals surface area (Å²) in [7, 11) is 0. The Hall–Kier alpha value is -3.22. The number of hydrogen-bond acceptors (Lipinski definition) is 5. The summed E-state index contributed by atoms with van der Waals surface area (Å²) < 4.78 is 16.7. The van der Waals surface area contributed by atoms with Crippen molar-refractivity contribution in [3.05, 3.63) is 86.9 Å². The number of amides is 1. The Bertz CT molecular complexity index is 1250. The Balaban J connectivity index is 1.69. The van der Waals surface area contributed by atoms with Gasteiger partial charge in [-0.2, -0.15) is 0 Å². The van der Waals surface area contributed by atoms with Crippen LogP contribution in [0.15, 0.2) is 74.5 Å². The van der Waals surface area contributed by atoms with Crippen molar-refractivity contribution >= 4 is 40.1 Å². The number of furan rings is 1. The van der Waals surface area contributed by atoms with Crippen molar-refractivity contribution in [2.75, 3.05) is 6.61 Å². The van der Waals surface area contributed by atoms with Gasteiger partial charge >= 0.3 is 0 Å². The summed E-state index contributed by atoms with van der Waals surface area (Å²) in [4.78, 5) is 25.3. The zero-order chi connectivity index (χ0) is 21.1. The minimum atomic E-state index is -0.474. The molecular formula is C22H15Cl2NO5. The first kappa shape index (κ1) is 20.1. The molecule has 4 aromatic rings. The molecule has 1 N–H and O–H groups in total. The van der Waals surface area contributed by atoms with Crippen molar-refractivity contribution in [2.24, 2.45) is 0 Å². The zero-order valence-electron chi connectivity index (χ0n) is 15.5. The maximum absolute atomic E-state index is 13.1. The molecule has 0 aliphatic carbocycles. The van der Waals surface area contributed by atoms with Crippen LogP contribution in [0.2, 0.25) is 10.0 Å². The van der Waals surface area contributed by atoms with Gasteiger partial charge in [0.05, 0.1) is 23.2 Å². The van der Waals surface area contributed by atoms with E-state index in [4.69, 9.17) is 36.8 Å². The molecule has 4 rings (SSSR count). The highest BCUT2D eigenvalue weighted by atomic mass is 35.5. The monoisotopic (exact) mass is 443 g/mol. The molecule has 152 valence electrons. The van der Waals surface area contributed by atoms with E-state index in [1.807, 2.05) is 6.07 Å². The molecule has 0 unspecified atom stereocenters. The van der Waals surface area contributed by atoms with Gasteiger partial charge in [0.1, 0.15) is 5.76 Å². The Labute approximate surface area is 181 Å². The molecule has 1 amide bonds. The highest BCUT2D eigenvalue weighted by molar-refractivity contribution is 6.38. The average Bonchev–Trinajstić information content (AvgIpc) is 3.26. The quantitative estimate of drug-likeness (QED) is 0.450. The first-order valence-corrected chi connectivity index (χ1v) is 9.71. The standard InChI is InChI=1S/C22H15Cl2NO5/c23-14-9-16-19(27)22(29-12-18(26)25-11-15-7-4-8-28-15)20(13-5-2-1-3-6-13)30-21(16)17(24)10-14/h1-10H,11-12H2,(H,25,26). The maximum Gasteiger partial charge on any atom is 0.258 e. The van der Waals surface area contributed by atoms with Crippen molar-refractivity contribution in [1.82, 2.24) is 5.32 Å². The lowest BCUT2D eigenvalue weighted by Crippen LogP contribution is -2.29. The van der Waals surface area contributed by atoms with Gasteiger partial charge in [-0.05, 0) is 24.3 Å². The summed E-state index contributed by atoms with van der Waals surface area (Å²) in [5.41, 5.74) is 0.325. The molecule has 0 saturated heterocycles. The molecule has 6 nitrogen and oxygen atoms in total. The Morgan fingerprint density at radius 1 is 1.07 bits per heavy atom. The highest BCUT2D eigenvalue weighted by Crippen LogP contribution is 2.34. The van der Waals surface area contributed by atoms with E-state index in [-0.39, 0.29) is 45.7 Å². The molecule has 0 fully saturated rings. The fraction of sp³-hybridized carbons (Fsp3) is 0.0909. The second-order valence-electron chi connectivity index (χ2n) is 6.36. The predicted molar refractivity (Wildman–Crippen MR) is 114 cm³/mol. The Kier molecular flexibility index (Phi) is 5.79. The van der Waals surface area contributed by atoms with E-state index in [9.17, 15) is 9.59 Å². The minimum absolute atomic E-state index is 0.0971. The van der Waals surface area contributed by atoms with Gasteiger partial charge in [-0.15, -0.1) is 0 Å². The van der Waals surface area contributed by atoms with Crippen LogP contribution in [0.25, 0.3) is 22.3 Å². The number of nitrogens with one attached hydrogen (secondary N) is 1. The average molecular weight is 444 g/mol. The van der Waals surface area contributed by atoms with Crippen molar-refractivity contribution in [2.45, 2.75) is 6.54 Å². The second-order valence-corrected chi connectivity index (χ2v) is 7.21. The van der Waals surface area contributed by atoms with Crippen molar-refractivity contribution in [3.63, 3.8) is 0 Å². The van der Waals surface area contributed by atoms with Gasteiger partial charge in [0.25, 0.3) is 5.91 Å². The number of carbonyl (C=O) groups excluding carboxylic acids is 1. The molecule has 30 heavy (non-hydrogen) atoms. The SMILES string of the molecule is O=C(COc1c(-c2ccccc2)oc2c(Cl)cc(Cl)cc2c1=O)NCc1ccco1. The van der Waals surface area contributed by atoms with E-state index in [0.717, 1.165) is 0 Å². The normalized spacial score (nSPS) is 10.9. The van der Waals surface area contributed by atoms with Crippen molar-refractivity contribution in [3.8, 4) is 17.1 Å². The number of benzene rings is 2. The van der Waals surface area contributed by atoms with Gasteiger partial charge in [0.2, 0.25) is 11.2 Å². The van der Waals surface area contributed by atoms with Gasteiger partial charge in [0.15, 0.2) is 18.0 Å². The lowest BCUT2D eigenvalue weighted by Gasteiger charge is -2.12. The largest absolute Gasteiger partial charge is 0.476 e. The predicted octanol–water partition coefficient (Wildman–Crippen LogP) is 5.06. The number of ether oxygens (including phenoxy) is 1. The smallest absolute Gasteiger partial charge is 0.258 e. The van der Waals surface area contributed by atoms with Crippen LogP contribution in [0.4, 0.5) is 0 Å². The number of fused-ring (bicyclic) bond motifs is 1. The molecule has 0 saturated carbocycles. The summed E-state index contributed by atoms with van der Waals surface area (Å²) in [5.74, 6) is 0.258. The first-order valence-electron chi connectivity index (χ1n) is 8.96. The van der Waals surface area contributed by atoms with Gasteiger partial charge in [-0.3, -0.25) is 9.59 Å². The number of halogens is 2. The van der Waals surface area contributed by atoms with Crippen LogP contribution < -0.4 is 15.5 Å². The molecule has 0 spiro atoms. The van der Waals surface area contributed by atoms with Gasteiger partial charge < -0.3 is 18.9 Å². The van der Waals surface area contributed by atoms with Crippen LogP contribution in [-0.2, 0) is 11.3 Å². The number of carbonyl (C=O) groups is 1. The third-order valence-corrected chi connectivity index (χ3v) is 4.79. The van der Waals surface area contributed by atoms with Crippen LogP contribution >= 0.6 is 23.2 Å². The van der Waals surface area contributed by atoms with E-state index >= 15 is 0 Å². The molecule has 0 aliphatic heterocycles. The summed E-state index contributed by atoms with van der Waals surface area (Å²) in [6.45, 7) is -0.177. The van der Waals surface area contributed by atoms with Crippen molar-refractivity contribution in [1.29, 1.82) is 0 Å². The van der Waals surface area contributed by atoms with E-state index in [1.54, 1.807) is 36.4 Å². The highest BCUT2D eigenvalue weighted by Gasteiger charge is 2.20. The number of hydrogen-bond donors (Lipinski definition) is 1. The van der Waals surface area contributed by atoms with Crippen LogP contribution in [0, 0.1) is 0 Å². The van der Waals surface area contributed by atoms with E-state index in [1.165, 1.54) is 18.4 Å². The third-order valence-electron chi connectivity index (χ3n) is 4.29. The van der Waals surface area contributed by atoms with Gasteiger partial charge in [0, 0.05) is 10.6 Å². The fourth-order valence-electron chi connectivity index (χ4n) is 2.90. The molecule has 8 heteroatoms. The molecule has 0 radical (unpaired) electrons. The molecule has 0 aliphatic rings. The summed E-state index contributed by atoms with van der Waals surface area (Å²) in [6.07, 6.45) is 1.51. The lowest BCUT2D eigenvalue weighted by atomic mass is 10.1. The minimum Gasteiger partial charge on any atom is -0.476 e. The zero-order valence-corrected chi connectivity index (χ0v) is 17.0. The number of rotatable bonds is 6. The summed E-state index contributed by atoms with van der Waals surface area (Å²) >= 11 is 12.3. The van der Waals surface area contributed by atoms with E-state index < -0.39 is 11.3 Å². The second kappa shape index (κ2) is 8.65. The first-order chi connectivity index (χ1) is 14.5. The van der Waals surface area contributed by atoms with Crippen molar-refractivity contribution < 1.29 is 18.4 Å². The molecule has 2 aromatic heterocycles. The lowest BCUT2D eigenvalue weighted by molar-refractivity contribution is -0.123. The Morgan fingerprint density at radius 2 is 1.87 bits per heavy atom. The van der Waals surface area contributed by atoms with Gasteiger partial charge in [-0.1, -0.05) is 53.5 Å². The maximum atomic E-state index is 13.1. The molecule has 2 aromatic carbocycles. The van der Waals surface area contributed by atoms with Crippen LogP contribution in [0.5, 0.6) is 5.75 Å². The topological polar surface area (TPSA) is 81.7 Å². The van der Waals surface area contributed by atoms with Crippen LogP contribution in [-0.4, -0.2) is 12.5 Å². The Morgan fingerprint density at radius 3 is 2.60 bits per heavy atom. The van der Waals surface area contributed by atoms with E-state index in [2.05, 4.69) is 5.32 Å². The summed E-state index contributed by atoms with van der Waals surface area (Å²) in [5, 5.41) is 3.31. The molecule has 2 heterocycles. The fourth-order valence-corrected chi connectivity index (χ4v) is 3.44. The molecule has 0 atom stereocenters. The molecular weight excluding hydrogens is 429 g/mol. The van der Waals surface area contributed by atoms with E-state index in [0.29, 0.717) is 11.3 Å². The van der Waals surface area contributed by atoms with Crippen LogP contribution in [0.1, 0.15) is 5.76 Å².